The Labute approximate surface area is 169 Å². The third-order valence-electron chi connectivity index (χ3n) is 5.19. The second-order valence-corrected chi connectivity index (χ2v) is 7.72. The quantitative estimate of drug-likeness (QED) is 0.792. The number of nitrogens with zero attached hydrogens (tertiary/aromatic N) is 3. The number of ether oxygens (including phenoxy) is 2. The van der Waals surface area contributed by atoms with Crippen molar-refractivity contribution in [2.24, 2.45) is 5.41 Å². The number of hydrogen-bond donors (Lipinski definition) is 1. The van der Waals surface area contributed by atoms with Crippen LogP contribution in [0.1, 0.15) is 5.56 Å². The summed E-state index contributed by atoms with van der Waals surface area (Å²) in [6, 6.07) is 9.52. The number of carbonyl (C=O) groups excluding carboxylic acids is 1. The molecule has 2 aromatic rings. The highest BCUT2D eigenvalue weighted by molar-refractivity contribution is 6.30. The number of rotatable bonds is 6. The van der Waals surface area contributed by atoms with Gasteiger partial charge in [-0.05, 0) is 30.2 Å². The first-order valence-corrected chi connectivity index (χ1v) is 9.75. The van der Waals surface area contributed by atoms with Gasteiger partial charge in [0.25, 0.3) is 0 Å². The second-order valence-electron chi connectivity index (χ2n) is 7.28. The van der Waals surface area contributed by atoms with E-state index < -0.39 is 5.41 Å². The molecule has 1 aromatic heterocycles. The molecule has 3 heterocycles. The number of carbonyl (C=O) groups is 1. The van der Waals surface area contributed by atoms with Gasteiger partial charge in [-0.25, -0.2) is 9.97 Å². The van der Waals surface area contributed by atoms with E-state index in [-0.39, 0.29) is 12.0 Å². The molecule has 148 valence electrons. The number of halogens is 1. The fourth-order valence-corrected chi connectivity index (χ4v) is 3.82. The highest BCUT2D eigenvalue weighted by Gasteiger charge is 2.49. The zero-order chi connectivity index (χ0) is 19.4. The van der Waals surface area contributed by atoms with Crippen LogP contribution >= 0.6 is 11.6 Å². The van der Waals surface area contributed by atoms with Crippen molar-refractivity contribution < 1.29 is 14.3 Å². The van der Waals surface area contributed by atoms with E-state index in [1.165, 1.54) is 6.33 Å². The number of amides is 1. The van der Waals surface area contributed by atoms with Crippen LogP contribution < -0.4 is 10.2 Å². The molecule has 0 radical (unpaired) electrons. The zero-order valence-electron chi connectivity index (χ0n) is 15.5. The molecule has 8 heteroatoms. The molecule has 2 fully saturated rings. The molecular weight excluding hydrogens is 380 g/mol. The molecule has 0 saturated carbocycles. The van der Waals surface area contributed by atoms with E-state index in [1.807, 2.05) is 30.3 Å². The van der Waals surface area contributed by atoms with E-state index in [9.17, 15) is 4.79 Å². The summed E-state index contributed by atoms with van der Waals surface area (Å²) in [5.74, 6) is 0.862. The maximum absolute atomic E-state index is 13.1. The maximum Gasteiger partial charge on any atom is 0.230 e. The van der Waals surface area contributed by atoms with E-state index in [0.29, 0.717) is 50.9 Å². The van der Waals surface area contributed by atoms with Crippen molar-refractivity contribution in [2.75, 3.05) is 44.4 Å². The molecule has 1 aromatic carbocycles. The van der Waals surface area contributed by atoms with Gasteiger partial charge < -0.3 is 19.7 Å². The Morgan fingerprint density at radius 3 is 2.75 bits per heavy atom. The van der Waals surface area contributed by atoms with Crippen molar-refractivity contribution in [3.8, 4) is 0 Å². The van der Waals surface area contributed by atoms with Gasteiger partial charge in [0.1, 0.15) is 12.1 Å². The predicted octanol–water partition coefficient (Wildman–Crippen LogP) is 1.71. The summed E-state index contributed by atoms with van der Waals surface area (Å²) in [5, 5.41) is 3.76. The average Bonchev–Trinajstić information content (AvgIpc) is 2.71. The van der Waals surface area contributed by atoms with Crippen molar-refractivity contribution in [3.63, 3.8) is 0 Å². The molecule has 2 saturated heterocycles. The smallest absolute Gasteiger partial charge is 0.230 e. The lowest BCUT2D eigenvalue weighted by Gasteiger charge is -2.49. The summed E-state index contributed by atoms with van der Waals surface area (Å²) >= 11 is 6.00. The van der Waals surface area contributed by atoms with Crippen molar-refractivity contribution in [3.05, 3.63) is 53.4 Å². The fourth-order valence-electron chi connectivity index (χ4n) is 3.69. The minimum Gasteiger partial charge on any atom is -0.376 e. The predicted molar refractivity (Wildman–Crippen MR) is 105 cm³/mol. The Balaban J connectivity index is 1.45. The molecule has 28 heavy (non-hydrogen) atoms. The zero-order valence-corrected chi connectivity index (χ0v) is 16.3. The van der Waals surface area contributed by atoms with Gasteiger partial charge in [0.05, 0.1) is 31.3 Å². The summed E-state index contributed by atoms with van der Waals surface area (Å²) < 4.78 is 11.0. The number of anilines is 1. The number of hydrogen-bond acceptors (Lipinski definition) is 6. The van der Waals surface area contributed by atoms with Crippen molar-refractivity contribution >= 4 is 23.3 Å². The normalized spacial score (nSPS) is 21.0. The first-order valence-electron chi connectivity index (χ1n) is 9.38. The number of aromatic nitrogens is 2. The third kappa shape index (κ3) is 4.27. The van der Waals surface area contributed by atoms with Gasteiger partial charge in [0.2, 0.25) is 5.91 Å². The molecule has 0 bridgehead atoms. The van der Waals surface area contributed by atoms with Crippen molar-refractivity contribution in [2.45, 2.75) is 12.5 Å². The van der Waals surface area contributed by atoms with Crippen LogP contribution in [0.2, 0.25) is 5.02 Å². The van der Waals surface area contributed by atoms with Gasteiger partial charge in [-0.2, -0.15) is 0 Å². The van der Waals surface area contributed by atoms with Gasteiger partial charge >= 0.3 is 0 Å². The standard InChI is InChI=1S/C20H23ClN4O3/c21-16-3-1-15(2-4-16)9-20(12-25(13-20)18-5-6-22-14-24-18)19(26)23-10-17-11-27-7-8-28-17/h1-6,14,17H,7-13H2,(H,23,26). The molecule has 2 aliphatic rings. The number of nitrogens with one attached hydrogen (secondary N) is 1. The molecule has 4 rings (SSSR count). The lowest BCUT2D eigenvalue weighted by Crippen LogP contribution is -2.65. The summed E-state index contributed by atoms with van der Waals surface area (Å²) in [7, 11) is 0. The van der Waals surface area contributed by atoms with Crippen LogP contribution in [0.3, 0.4) is 0 Å². The van der Waals surface area contributed by atoms with Crippen LogP contribution in [0.15, 0.2) is 42.9 Å². The lowest BCUT2D eigenvalue weighted by molar-refractivity contribution is -0.135. The van der Waals surface area contributed by atoms with Gasteiger partial charge in [-0.3, -0.25) is 4.79 Å². The molecule has 0 aliphatic carbocycles. The summed E-state index contributed by atoms with van der Waals surface area (Å²) in [4.78, 5) is 23.5. The molecule has 1 amide bonds. The Morgan fingerprint density at radius 2 is 2.07 bits per heavy atom. The molecule has 2 aliphatic heterocycles. The van der Waals surface area contributed by atoms with Crippen LogP contribution in [0.5, 0.6) is 0 Å². The largest absolute Gasteiger partial charge is 0.376 e. The van der Waals surface area contributed by atoms with Crippen LogP contribution in [-0.2, 0) is 20.7 Å². The second kappa shape index (κ2) is 8.43. The molecule has 1 N–H and O–H groups in total. The van der Waals surface area contributed by atoms with Crippen LogP contribution in [0.4, 0.5) is 5.82 Å². The molecule has 7 nitrogen and oxygen atoms in total. The first-order chi connectivity index (χ1) is 13.6. The SMILES string of the molecule is O=C(NCC1COCCO1)C1(Cc2ccc(Cl)cc2)CN(c2ccncn2)C1. The van der Waals surface area contributed by atoms with Crippen LogP contribution in [-0.4, -0.2) is 61.4 Å². The first kappa shape index (κ1) is 19.1. The van der Waals surface area contributed by atoms with Gasteiger partial charge in [0, 0.05) is 30.9 Å². The monoisotopic (exact) mass is 402 g/mol. The Bertz CT molecular complexity index is 791. The minimum absolute atomic E-state index is 0.0296. The molecule has 1 unspecified atom stereocenters. The van der Waals surface area contributed by atoms with Crippen molar-refractivity contribution in [1.82, 2.24) is 15.3 Å². The molecular formula is C20H23ClN4O3. The summed E-state index contributed by atoms with van der Waals surface area (Å²) in [6.07, 6.45) is 3.78. The highest BCUT2D eigenvalue weighted by atomic mass is 35.5. The third-order valence-corrected chi connectivity index (χ3v) is 5.44. The Kier molecular flexibility index (Phi) is 5.75. The number of benzene rings is 1. The van der Waals surface area contributed by atoms with Gasteiger partial charge in [-0.15, -0.1) is 0 Å². The van der Waals surface area contributed by atoms with Crippen LogP contribution in [0, 0.1) is 5.41 Å². The average molecular weight is 403 g/mol. The topological polar surface area (TPSA) is 76.6 Å². The van der Waals surface area contributed by atoms with E-state index in [0.717, 1.165) is 11.4 Å². The van der Waals surface area contributed by atoms with Crippen LogP contribution in [0.25, 0.3) is 0 Å². The van der Waals surface area contributed by atoms with E-state index >= 15 is 0 Å². The highest BCUT2D eigenvalue weighted by Crippen LogP contribution is 2.37. The molecule has 0 spiro atoms. The summed E-state index contributed by atoms with van der Waals surface area (Å²) in [6.45, 7) is 3.34. The minimum atomic E-state index is -0.520. The fraction of sp³-hybridized carbons (Fsp3) is 0.450. The van der Waals surface area contributed by atoms with Gasteiger partial charge in [-0.1, -0.05) is 23.7 Å². The summed E-state index contributed by atoms with van der Waals surface area (Å²) in [5.41, 5.74) is 0.563. The molecule has 1 atom stereocenters. The van der Waals surface area contributed by atoms with Crippen molar-refractivity contribution in [1.29, 1.82) is 0 Å². The lowest BCUT2D eigenvalue weighted by atomic mass is 9.73. The van der Waals surface area contributed by atoms with Gasteiger partial charge in [0.15, 0.2) is 0 Å². The van der Waals surface area contributed by atoms with E-state index in [2.05, 4.69) is 20.2 Å². The Morgan fingerprint density at radius 1 is 1.25 bits per heavy atom. The maximum atomic E-state index is 13.1. The Hall–Kier alpha value is -2.22. The van der Waals surface area contributed by atoms with E-state index in [1.54, 1.807) is 6.20 Å². The van der Waals surface area contributed by atoms with E-state index in [4.69, 9.17) is 21.1 Å².